The number of ether oxygens (including phenoxy) is 1. The Morgan fingerprint density at radius 1 is 1.46 bits per heavy atom. The number of carbonyl (C=O) groups excluding carboxylic acids is 1. The zero-order chi connectivity index (χ0) is 9.26. The van der Waals surface area contributed by atoms with Gasteiger partial charge >= 0.3 is 0 Å². The minimum absolute atomic E-state index is 0.0861. The van der Waals surface area contributed by atoms with Crippen LogP contribution >= 0.6 is 15.9 Å². The smallest absolute Gasteiger partial charge is 0.237 e. The SMILES string of the molecule is O=C=N[C@H]1O[C@H]1c1ccccc1Br. The number of epoxide rings is 1. The first kappa shape index (κ1) is 8.63. The Balaban J connectivity index is 2.20. The number of hydrogen-bond donors (Lipinski definition) is 0. The molecule has 4 heteroatoms. The largest absolute Gasteiger partial charge is 0.340 e. The molecule has 3 nitrogen and oxygen atoms in total. The molecule has 0 bridgehead atoms. The molecule has 2 atom stereocenters. The second-order valence-corrected chi connectivity index (χ2v) is 3.54. The van der Waals surface area contributed by atoms with Crippen molar-refractivity contribution in [2.45, 2.75) is 12.3 Å². The molecule has 13 heavy (non-hydrogen) atoms. The van der Waals surface area contributed by atoms with Gasteiger partial charge in [0.1, 0.15) is 6.10 Å². The fourth-order valence-corrected chi connectivity index (χ4v) is 1.70. The zero-order valence-corrected chi connectivity index (χ0v) is 8.19. The van der Waals surface area contributed by atoms with Gasteiger partial charge in [-0.15, -0.1) is 0 Å². The van der Waals surface area contributed by atoms with E-state index in [4.69, 9.17) is 4.74 Å². The molecule has 0 saturated carbocycles. The molecule has 0 unspecified atom stereocenters. The predicted octanol–water partition coefficient (Wildman–Crippen LogP) is 2.18. The molecule has 1 aliphatic heterocycles. The van der Waals surface area contributed by atoms with Gasteiger partial charge in [0.05, 0.1) is 0 Å². The summed E-state index contributed by atoms with van der Waals surface area (Å²) in [5, 5.41) is 0. The van der Waals surface area contributed by atoms with Crippen molar-refractivity contribution < 1.29 is 9.53 Å². The van der Waals surface area contributed by atoms with Crippen molar-refractivity contribution in [3.05, 3.63) is 34.3 Å². The summed E-state index contributed by atoms with van der Waals surface area (Å²) in [5.41, 5.74) is 1.02. The van der Waals surface area contributed by atoms with Crippen LogP contribution in [0, 0.1) is 0 Å². The molecule has 0 amide bonds. The van der Waals surface area contributed by atoms with Crippen molar-refractivity contribution in [3.8, 4) is 0 Å². The Labute approximate surface area is 83.6 Å². The van der Waals surface area contributed by atoms with E-state index in [2.05, 4.69) is 20.9 Å². The van der Waals surface area contributed by atoms with Crippen molar-refractivity contribution in [1.82, 2.24) is 0 Å². The Kier molecular flexibility index (Phi) is 2.27. The van der Waals surface area contributed by atoms with Crippen molar-refractivity contribution in [2.75, 3.05) is 0 Å². The Bertz CT molecular complexity index is 374. The van der Waals surface area contributed by atoms with Gasteiger partial charge in [0, 0.05) is 4.47 Å². The molecule has 66 valence electrons. The molecule has 0 aliphatic carbocycles. The van der Waals surface area contributed by atoms with Crippen LogP contribution < -0.4 is 0 Å². The summed E-state index contributed by atoms with van der Waals surface area (Å²) in [4.78, 5) is 13.4. The standard InChI is InChI=1S/C9H6BrNO2/c10-7-4-2-1-3-6(7)8-9(13-8)11-5-12/h1-4,8-9H/t8-,9-/m0/s1. The van der Waals surface area contributed by atoms with E-state index in [0.29, 0.717) is 0 Å². The summed E-state index contributed by atoms with van der Waals surface area (Å²) < 4.78 is 6.14. The number of aliphatic imine (C=N–C) groups is 1. The third-order valence-corrected chi connectivity index (χ3v) is 2.58. The van der Waals surface area contributed by atoms with Crippen LogP contribution in [0.25, 0.3) is 0 Å². The number of halogens is 1. The molecule has 0 spiro atoms. The number of nitrogens with zero attached hydrogens (tertiary/aromatic N) is 1. The van der Waals surface area contributed by atoms with Crippen LogP contribution in [0.2, 0.25) is 0 Å². The highest BCUT2D eigenvalue weighted by molar-refractivity contribution is 9.10. The van der Waals surface area contributed by atoms with Gasteiger partial charge in [-0.2, -0.15) is 4.99 Å². The third kappa shape index (κ3) is 1.70. The summed E-state index contributed by atoms with van der Waals surface area (Å²) in [6.07, 6.45) is 1.06. The van der Waals surface area contributed by atoms with Gasteiger partial charge in [-0.3, -0.25) is 0 Å². The molecule has 2 rings (SSSR count). The lowest BCUT2D eigenvalue weighted by molar-refractivity contribution is 0.377. The topological polar surface area (TPSA) is 42.0 Å². The van der Waals surface area contributed by atoms with Gasteiger partial charge < -0.3 is 4.74 Å². The van der Waals surface area contributed by atoms with E-state index in [1.165, 1.54) is 6.08 Å². The minimum Gasteiger partial charge on any atom is -0.340 e. The molecule has 1 aromatic carbocycles. The van der Waals surface area contributed by atoms with Crippen LogP contribution in [0.3, 0.4) is 0 Å². The van der Waals surface area contributed by atoms with E-state index in [-0.39, 0.29) is 12.3 Å². The van der Waals surface area contributed by atoms with E-state index in [1.54, 1.807) is 0 Å². The van der Waals surface area contributed by atoms with Gasteiger partial charge in [-0.05, 0) is 11.6 Å². The molecule has 0 radical (unpaired) electrons. The van der Waals surface area contributed by atoms with Crippen LogP contribution in [0.4, 0.5) is 0 Å². The first-order chi connectivity index (χ1) is 6.33. The summed E-state index contributed by atoms with van der Waals surface area (Å²) in [5.74, 6) is 0. The maximum absolute atomic E-state index is 9.93. The van der Waals surface area contributed by atoms with E-state index < -0.39 is 0 Å². The van der Waals surface area contributed by atoms with Crippen LogP contribution in [0.1, 0.15) is 11.7 Å². The highest BCUT2D eigenvalue weighted by atomic mass is 79.9. The van der Waals surface area contributed by atoms with Crippen molar-refractivity contribution in [3.63, 3.8) is 0 Å². The lowest BCUT2D eigenvalue weighted by Gasteiger charge is -1.97. The van der Waals surface area contributed by atoms with Crippen molar-refractivity contribution in [1.29, 1.82) is 0 Å². The maximum Gasteiger partial charge on any atom is 0.237 e. The number of hydrogen-bond acceptors (Lipinski definition) is 3. The molecule has 0 aromatic heterocycles. The highest BCUT2D eigenvalue weighted by Gasteiger charge is 2.41. The summed E-state index contributed by atoms with van der Waals surface area (Å²) >= 11 is 3.40. The second kappa shape index (κ2) is 3.42. The van der Waals surface area contributed by atoms with Gasteiger partial charge in [-0.1, -0.05) is 34.1 Å². The summed E-state index contributed by atoms with van der Waals surface area (Å²) in [6, 6.07) is 7.71. The Morgan fingerprint density at radius 2 is 2.23 bits per heavy atom. The number of isocyanates is 1. The second-order valence-electron chi connectivity index (χ2n) is 2.69. The van der Waals surface area contributed by atoms with Gasteiger partial charge in [0.2, 0.25) is 6.08 Å². The van der Waals surface area contributed by atoms with Crippen LogP contribution in [0.5, 0.6) is 0 Å². The normalized spacial score (nSPS) is 25.0. The average Bonchev–Trinajstić information content (AvgIpc) is 2.86. The summed E-state index contributed by atoms with van der Waals surface area (Å²) in [6.45, 7) is 0. The zero-order valence-electron chi connectivity index (χ0n) is 6.61. The first-order valence-electron chi connectivity index (χ1n) is 3.80. The van der Waals surface area contributed by atoms with E-state index in [9.17, 15) is 4.79 Å². The van der Waals surface area contributed by atoms with Crippen LogP contribution in [0.15, 0.2) is 33.7 Å². The molecule has 1 aliphatic rings. The van der Waals surface area contributed by atoms with Gasteiger partial charge in [0.25, 0.3) is 0 Å². The average molecular weight is 240 g/mol. The monoisotopic (exact) mass is 239 g/mol. The fraction of sp³-hybridized carbons (Fsp3) is 0.222. The fourth-order valence-electron chi connectivity index (χ4n) is 1.19. The lowest BCUT2D eigenvalue weighted by Crippen LogP contribution is -1.85. The van der Waals surface area contributed by atoms with Crippen molar-refractivity contribution in [2.24, 2.45) is 4.99 Å². The van der Waals surface area contributed by atoms with E-state index in [0.717, 1.165) is 10.0 Å². The lowest BCUT2D eigenvalue weighted by atomic mass is 10.1. The molecule has 1 saturated heterocycles. The molecule has 1 fully saturated rings. The van der Waals surface area contributed by atoms with Crippen LogP contribution in [-0.2, 0) is 9.53 Å². The Morgan fingerprint density at radius 3 is 2.92 bits per heavy atom. The maximum atomic E-state index is 9.93. The molecule has 1 heterocycles. The highest BCUT2D eigenvalue weighted by Crippen LogP contribution is 2.42. The van der Waals surface area contributed by atoms with Crippen molar-refractivity contribution >= 4 is 22.0 Å². The predicted molar refractivity (Wildman–Crippen MR) is 49.9 cm³/mol. The Hall–Kier alpha value is -0.960. The van der Waals surface area contributed by atoms with Gasteiger partial charge in [-0.25, -0.2) is 4.79 Å². The van der Waals surface area contributed by atoms with Gasteiger partial charge in [0.15, 0.2) is 6.23 Å². The van der Waals surface area contributed by atoms with Crippen LogP contribution in [-0.4, -0.2) is 12.3 Å². The third-order valence-electron chi connectivity index (χ3n) is 1.86. The molecular weight excluding hydrogens is 234 g/mol. The summed E-state index contributed by atoms with van der Waals surface area (Å²) in [7, 11) is 0. The number of rotatable bonds is 2. The minimum atomic E-state index is -0.337. The van der Waals surface area contributed by atoms with E-state index >= 15 is 0 Å². The number of benzene rings is 1. The molecular formula is C9H6BrNO2. The first-order valence-corrected chi connectivity index (χ1v) is 4.59. The molecule has 1 aromatic rings. The quantitative estimate of drug-likeness (QED) is 0.451. The molecule has 0 N–H and O–H groups in total. The van der Waals surface area contributed by atoms with E-state index in [1.807, 2.05) is 24.3 Å².